The van der Waals surface area contributed by atoms with Gasteiger partial charge in [0.15, 0.2) is 0 Å². The lowest BCUT2D eigenvalue weighted by Gasteiger charge is -2.28. The molecule has 0 aromatic heterocycles. The van der Waals surface area contributed by atoms with Gasteiger partial charge < -0.3 is 0 Å². The van der Waals surface area contributed by atoms with E-state index in [1.165, 1.54) is 44.9 Å². The summed E-state index contributed by atoms with van der Waals surface area (Å²) in [5.74, 6) is 3.02. The quantitative estimate of drug-likeness (QED) is 0.583. The maximum atomic E-state index is 2.47. The van der Waals surface area contributed by atoms with Crippen LogP contribution in [0.3, 0.4) is 0 Å². The van der Waals surface area contributed by atoms with Gasteiger partial charge in [0, 0.05) is 0 Å². The van der Waals surface area contributed by atoms with Crippen LogP contribution in [0.2, 0.25) is 0 Å². The highest BCUT2D eigenvalue weighted by atomic mass is 14.3. The average Bonchev–Trinajstić information content (AvgIpc) is 2.10. The molecule has 0 bridgehead atoms. The van der Waals surface area contributed by atoms with E-state index in [4.69, 9.17) is 0 Å². The van der Waals surface area contributed by atoms with Gasteiger partial charge >= 0.3 is 0 Å². The van der Waals surface area contributed by atoms with Crippen molar-refractivity contribution < 1.29 is 0 Å². The minimum absolute atomic E-state index is 0.992. The van der Waals surface area contributed by atoms with E-state index in [1.54, 1.807) is 0 Å². The highest BCUT2D eigenvalue weighted by Crippen LogP contribution is 2.32. The third kappa shape index (κ3) is 3.70. The Morgan fingerprint density at radius 1 is 1.00 bits per heavy atom. The third-order valence-corrected chi connectivity index (χ3v) is 3.85. The van der Waals surface area contributed by atoms with Gasteiger partial charge in [-0.15, -0.1) is 0 Å². The highest BCUT2D eigenvalue weighted by Gasteiger charge is 2.19. The summed E-state index contributed by atoms with van der Waals surface area (Å²) in [4.78, 5) is 0. The molecule has 1 saturated carbocycles. The van der Waals surface area contributed by atoms with Gasteiger partial charge in [-0.25, -0.2) is 0 Å². The molecule has 0 nitrogen and oxygen atoms in total. The lowest BCUT2D eigenvalue weighted by atomic mass is 9.78. The zero-order valence-corrected chi connectivity index (χ0v) is 9.68. The van der Waals surface area contributed by atoms with Crippen LogP contribution in [0.15, 0.2) is 0 Å². The summed E-state index contributed by atoms with van der Waals surface area (Å²) in [6.45, 7) is 7.23. The van der Waals surface area contributed by atoms with Crippen LogP contribution in [0.25, 0.3) is 0 Å². The van der Waals surface area contributed by atoms with Gasteiger partial charge in [0.25, 0.3) is 0 Å². The molecular weight excluding hydrogens is 156 g/mol. The van der Waals surface area contributed by atoms with Gasteiger partial charge in [0.2, 0.25) is 0 Å². The van der Waals surface area contributed by atoms with Crippen LogP contribution in [0, 0.1) is 17.8 Å². The smallest absolute Gasteiger partial charge is 0.0388 e. The molecule has 0 heteroatoms. The van der Waals surface area contributed by atoms with Crippen LogP contribution >= 0.6 is 0 Å². The van der Waals surface area contributed by atoms with E-state index in [1.807, 2.05) is 0 Å². The molecule has 0 aromatic carbocycles. The Morgan fingerprint density at radius 2 is 1.77 bits per heavy atom. The van der Waals surface area contributed by atoms with Crippen molar-refractivity contribution in [3.63, 3.8) is 0 Å². The second kappa shape index (κ2) is 5.67. The second-order valence-electron chi connectivity index (χ2n) is 5.14. The van der Waals surface area contributed by atoms with Crippen molar-refractivity contribution in [1.82, 2.24) is 0 Å². The van der Waals surface area contributed by atoms with Crippen molar-refractivity contribution >= 4 is 0 Å². The van der Waals surface area contributed by atoms with Crippen molar-refractivity contribution in [2.24, 2.45) is 17.8 Å². The first kappa shape index (κ1) is 11.1. The number of rotatable bonds is 2. The maximum Gasteiger partial charge on any atom is -0.0388 e. The average molecular weight is 182 g/mol. The van der Waals surface area contributed by atoms with E-state index < -0.39 is 0 Å². The molecule has 0 spiro atoms. The number of hydrogen-bond donors (Lipinski definition) is 0. The van der Waals surface area contributed by atoms with Gasteiger partial charge in [0.1, 0.15) is 0 Å². The van der Waals surface area contributed by atoms with Crippen LogP contribution in [-0.4, -0.2) is 0 Å². The Balaban J connectivity index is 2.39. The normalized spacial score (nSPS) is 36.7. The van der Waals surface area contributed by atoms with Crippen molar-refractivity contribution in [2.75, 3.05) is 0 Å². The standard InChI is InChI=1S/C13H26/c1-4-6-13-10-9-11(2)7-5-8-12(13)3/h11-13H,4-10H2,1-3H3. The first-order valence-corrected chi connectivity index (χ1v) is 6.24. The zero-order chi connectivity index (χ0) is 9.68. The van der Waals surface area contributed by atoms with Crippen LogP contribution in [0.5, 0.6) is 0 Å². The summed E-state index contributed by atoms with van der Waals surface area (Å²) in [6.07, 6.45) is 10.3. The Labute approximate surface area is 84.1 Å². The Kier molecular flexibility index (Phi) is 4.83. The molecule has 0 radical (unpaired) electrons. The van der Waals surface area contributed by atoms with E-state index in [0.717, 1.165) is 17.8 Å². The van der Waals surface area contributed by atoms with Crippen LogP contribution < -0.4 is 0 Å². The Morgan fingerprint density at radius 3 is 2.46 bits per heavy atom. The van der Waals surface area contributed by atoms with Gasteiger partial charge in [-0.1, -0.05) is 59.3 Å². The van der Waals surface area contributed by atoms with Crippen molar-refractivity contribution in [3.05, 3.63) is 0 Å². The molecule has 0 aliphatic heterocycles. The molecular formula is C13H26. The molecule has 1 aliphatic carbocycles. The van der Waals surface area contributed by atoms with Gasteiger partial charge in [-0.05, 0) is 24.2 Å². The topological polar surface area (TPSA) is 0 Å². The molecule has 1 aliphatic rings. The molecule has 0 aromatic rings. The fraction of sp³-hybridized carbons (Fsp3) is 1.00. The fourth-order valence-electron chi connectivity index (χ4n) is 2.75. The Hall–Kier alpha value is 0. The lowest BCUT2D eigenvalue weighted by Crippen LogP contribution is -2.16. The van der Waals surface area contributed by atoms with E-state index in [0.29, 0.717) is 0 Å². The third-order valence-electron chi connectivity index (χ3n) is 3.85. The second-order valence-corrected chi connectivity index (χ2v) is 5.14. The minimum atomic E-state index is 0.992. The zero-order valence-electron chi connectivity index (χ0n) is 9.68. The molecule has 3 atom stereocenters. The fourth-order valence-corrected chi connectivity index (χ4v) is 2.75. The predicted molar refractivity (Wildman–Crippen MR) is 59.8 cm³/mol. The summed E-state index contributed by atoms with van der Waals surface area (Å²) in [6, 6.07) is 0. The summed E-state index contributed by atoms with van der Waals surface area (Å²) in [7, 11) is 0. The van der Waals surface area contributed by atoms with Crippen LogP contribution in [-0.2, 0) is 0 Å². The Bertz CT molecular complexity index is 128. The summed E-state index contributed by atoms with van der Waals surface area (Å²) in [5, 5.41) is 0. The van der Waals surface area contributed by atoms with Crippen molar-refractivity contribution in [3.8, 4) is 0 Å². The van der Waals surface area contributed by atoms with Crippen molar-refractivity contribution in [2.45, 2.75) is 65.7 Å². The molecule has 3 unspecified atom stereocenters. The van der Waals surface area contributed by atoms with E-state index in [-0.39, 0.29) is 0 Å². The lowest BCUT2D eigenvalue weighted by molar-refractivity contribution is 0.238. The number of hydrogen-bond acceptors (Lipinski definition) is 0. The van der Waals surface area contributed by atoms with Gasteiger partial charge in [-0.2, -0.15) is 0 Å². The molecule has 0 heterocycles. The van der Waals surface area contributed by atoms with E-state index in [9.17, 15) is 0 Å². The SMILES string of the molecule is CCCC1CCC(C)CCCC1C. The molecule has 78 valence electrons. The van der Waals surface area contributed by atoms with Crippen LogP contribution in [0.4, 0.5) is 0 Å². The highest BCUT2D eigenvalue weighted by molar-refractivity contribution is 4.71. The summed E-state index contributed by atoms with van der Waals surface area (Å²) >= 11 is 0. The van der Waals surface area contributed by atoms with Gasteiger partial charge in [-0.3, -0.25) is 0 Å². The van der Waals surface area contributed by atoms with Crippen LogP contribution in [0.1, 0.15) is 65.7 Å². The van der Waals surface area contributed by atoms with Gasteiger partial charge in [0.05, 0.1) is 0 Å². The molecule has 0 saturated heterocycles. The summed E-state index contributed by atoms with van der Waals surface area (Å²) in [5.41, 5.74) is 0. The molecule has 0 amide bonds. The van der Waals surface area contributed by atoms with E-state index >= 15 is 0 Å². The molecule has 1 fully saturated rings. The van der Waals surface area contributed by atoms with Crippen molar-refractivity contribution in [1.29, 1.82) is 0 Å². The monoisotopic (exact) mass is 182 g/mol. The first-order valence-electron chi connectivity index (χ1n) is 6.24. The molecule has 13 heavy (non-hydrogen) atoms. The van der Waals surface area contributed by atoms with E-state index in [2.05, 4.69) is 20.8 Å². The molecule has 0 N–H and O–H groups in total. The molecule has 1 rings (SSSR count). The predicted octanol–water partition coefficient (Wildman–Crippen LogP) is 4.64. The largest absolute Gasteiger partial charge is 0.0654 e. The maximum absolute atomic E-state index is 2.47. The first-order chi connectivity index (χ1) is 6.24. The summed E-state index contributed by atoms with van der Waals surface area (Å²) < 4.78 is 0. The minimum Gasteiger partial charge on any atom is -0.0654 e.